The second kappa shape index (κ2) is 8.61. The van der Waals surface area contributed by atoms with Gasteiger partial charge in [-0.15, -0.1) is 0 Å². The van der Waals surface area contributed by atoms with E-state index in [1.165, 1.54) is 26.4 Å². The van der Waals surface area contributed by atoms with Crippen LogP contribution >= 0.6 is 0 Å². The molecule has 5 atom stereocenters. The standard InChI is InChI=1S/C22H26O10/c1-6-27-13-10-11(9-12(25-4)15(13)26-5)7-8-14(23)28-18-16-17(29-20(18)24)19-21(30-16)32-22(2,3)31-19/h7-10,16-19,21H,6H2,1-5H3/b8-7+. The van der Waals surface area contributed by atoms with E-state index in [1.807, 2.05) is 6.92 Å². The van der Waals surface area contributed by atoms with E-state index in [0.717, 1.165) is 0 Å². The molecule has 0 amide bonds. The number of benzene rings is 1. The van der Waals surface area contributed by atoms with E-state index < -0.39 is 48.4 Å². The minimum Gasteiger partial charge on any atom is -0.493 e. The molecule has 3 heterocycles. The Labute approximate surface area is 185 Å². The normalized spacial score (nSPS) is 30.0. The lowest BCUT2D eigenvalue weighted by Crippen LogP contribution is -2.37. The summed E-state index contributed by atoms with van der Waals surface area (Å²) in [6.45, 7) is 5.76. The number of methoxy groups -OCH3 is 2. The minimum atomic E-state index is -1.21. The fourth-order valence-corrected chi connectivity index (χ4v) is 3.97. The molecule has 3 aliphatic heterocycles. The molecule has 3 saturated heterocycles. The summed E-state index contributed by atoms with van der Waals surface area (Å²) in [7, 11) is 3.01. The summed E-state index contributed by atoms with van der Waals surface area (Å²) in [6.07, 6.45) is -1.24. The second-order valence-corrected chi connectivity index (χ2v) is 7.85. The highest BCUT2D eigenvalue weighted by Gasteiger charge is 2.64. The maximum atomic E-state index is 12.4. The van der Waals surface area contributed by atoms with Gasteiger partial charge >= 0.3 is 11.9 Å². The average Bonchev–Trinajstić information content (AvgIpc) is 3.32. The lowest BCUT2D eigenvalue weighted by Gasteiger charge is -2.21. The van der Waals surface area contributed by atoms with E-state index in [2.05, 4.69) is 0 Å². The van der Waals surface area contributed by atoms with Crippen LogP contribution in [0.15, 0.2) is 18.2 Å². The Morgan fingerprint density at radius 1 is 1.09 bits per heavy atom. The van der Waals surface area contributed by atoms with Gasteiger partial charge in [0.05, 0.1) is 20.8 Å². The molecule has 174 valence electrons. The molecule has 0 N–H and O–H groups in total. The smallest absolute Gasteiger partial charge is 0.350 e. The molecule has 3 aliphatic rings. The van der Waals surface area contributed by atoms with Gasteiger partial charge in [0.2, 0.25) is 11.9 Å². The van der Waals surface area contributed by atoms with E-state index in [-0.39, 0.29) is 0 Å². The zero-order chi connectivity index (χ0) is 23.0. The van der Waals surface area contributed by atoms with E-state index in [0.29, 0.717) is 29.4 Å². The van der Waals surface area contributed by atoms with Gasteiger partial charge in [0.25, 0.3) is 0 Å². The van der Waals surface area contributed by atoms with Crippen molar-refractivity contribution in [3.63, 3.8) is 0 Å². The van der Waals surface area contributed by atoms with E-state index >= 15 is 0 Å². The molecule has 5 unspecified atom stereocenters. The van der Waals surface area contributed by atoms with Gasteiger partial charge in [-0.3, -0.25) is 0 Å². The Morgan fingerprint density at radius 3 is 2.53 bits per heavy atom. The molecule has 1 aromatic rings. The molecule has 10 nitrogen and oxygen atoms in total. The molecule has 1 aromatic carbocycles. The van der Waals surface area contributed by atoms with Gasteiger partial charge in [-0.1, -0.05) is 0 Å². The number of rotatable bonds is 7. The fourth-order valence-electron chi connectivity index (χ4n) is 3.97. The van der Waals surface area contributed by atoms with Crippen LogP contribution in [0.5, 0.6) is 17.2 Å². The summed E-state index contributed by atoms with van der Waals surface area (Å²) in [5.74, 6) is -0.892. The van der Waals surface area contributed by atoms with Gasteiger partial charge in [-0.2, -0.15) is 0 Å². The van der Waals surface area contributed by atoms with Crippen molar-refractivity contribution in [3.8, 4) is 17.2 Å². The molecule has 10 heteroatoms. The summed E-state index contributed by atoms with van der Waals surface area (Å²) in [5, 5.41) is 0. The maximum absolute atomic E-state index is 12.4. The summed E-state index contributed by atoms with van der Waals surface area (Å²) < 4.78 is 44.1. The highest BCUT2D eigenvalue weighted by Crippen LogP contribution is 2.43. The van der Waals surface area contributed by atoms with Crippen LogP contribution < -0.4 is 14.2 Å². The first-order chi connectivity index (χ1) is 15.3. The van der Waals surface area contributed by atoms with E-state index in [1.54, 1.807) is 26.0 Å². The average molecular weight is 450 g/mol. The van der Waals surface area contributed by atoms with Crippen LogP contribution in [0.2, 0.25) is 0 Å². The van der Waals surface area contributed by atoms with Crippen LogP contribution in [-0.2, 0) is 33.3 Å². The summed E-state index contributed by atoms with van der Waals surface area (Å²) >= 11 is 0. The largest absolute Gasteiger partial charge is 0.493 e. The Balaban J connectivity index is 1.44. The third-order valence-corrected chi connectivity index (χ3v) is 5.23. The van der Waals surface area contributed by atoms with E-state index in [4.69, 9.17) is 37.9 Å². The quantitative estimate of drug-likeness (QED) is 0.451. The molecular formula is C22H26O10. The zero-order valence-corrected chi connectivity index (χ0v) is 18.5. The first kappa shape index (κ1) is 22.4. The molecule has 0 aromatic heterocycles. The Hall–Kier alpha value is -2.82. The summed E-state index contributed by atoms with van der Waals surface area (Å²) in [5.41, 5.74) is 0.616. The van der Waals surface area contributed by atoms with Crippen molar-refractivity contribution in [3.05, 3.63) is 23.8 Å². The van der Waals surface area contributed by atoms with E-state index in [9.17, 15) is 9.59 Å². The van der Waals surface area contributed by atoms with Crippen LogP contribution in [-0.4, -0.2) is 69.3 Å². The predicted octanol–water partition coefficient (Wildman–Crippen LogP) is 1.83. The van der Waals surface area contributed by atoms with Crippen molar-refractivity contribution in [2.75, 3.05) is 20.8 Å². The molecular weight excluding hydrogens is 424 g/mol. The molecule has 4 rings (SSSR count). The van der Waals surface area contributed by atoms with Gasteiger partial charge < -0.3 is 37.9 Å². The summed E-state index contributed by atoms with van der Waals surface area (Å²) in [6, 6.07) is 3.38. The van der Waals surface area contributed by atoms with Crippen LogP contribution in [0, 0.1) is 0 Å². The lowest BCUT2D eigenvalue weighted by atomic mass is 10.1. The van der Waals surface area contributed by atoms with Crippen molar-refractivity contribution in [1.82, 2.24) is 0 Å². The van der Waals surface area contributed by atoms with Gasteiger partial charge in [0.15, 0.2) is 35.8 Å². The topological polar surface area (TPSA) is 108 Å². The predicted molar refractivity (Wildman–Crippen MR) is 108 cm³/mol. The third-order valence-electron chi connectivity index (χ3n) is 5.23. The minimum absolute atomic E-state index is 0.424. The first-order valence-corrected chi connectivity index (χ1v) is 10.3. The fraction of sp³-hybridized carbons (Fsp3) is 0.545. The van der Waals surface area contributed by atoms with Gasteiger partial charge in [0.1, 0.15) is 6.10 Å². The highest BCUT2D eigenvalue weighted by molar-refractivity contribution is 5.90. The number of fused-ring (bicyclic) bond motifs is 3. The Morgan fingerprint density at radius 2 is 1.84 bits per heavy atom. The van der Waals surface area contributed by atoms with Gasteiger partial charge in [-0.25, -0.2) is 9.59 Å². The summed E-state index contributed by atoms with van der Waals surface area (Å²) in [4.78, 5) is 24.7. The van der Waals surface area contributed by atoms with Crippen molar-refractivity contribution in [1.29, 1.82) is 0 Å². The molecule has 0 spiro atoms. The van der Waals surface area contributed by atoms with Crippen molar-refractivity contribution in [2.45, 2.75) is 57.3 Å². The molecule has 0 saturated carbocycles. The molecule has 32 heavy (non-hydrogen) atoms. The maximum Gasteiger partial charge on any atom is 0.350 e. The van der Waals surface area contributed by atoms with Crippen LogP contribution in [0.4, 0.5) is 0 Å². The molecule has 0 aliphatic carbocycles. The number of hydrogen-bond donors (Lipinski definition) is 0. The molecule has 3 fully saturated rings. The second-order valence-electron chi connectivity index (χ2n) is 7.85. The van der Waals surface area contributed by atoms with Gasteiger partial charge in [0, 0.05) is 6.08 Å². The monoisotopic (exact) mass is 450 g/mol. The SMILES string of the molecule is CCOc1cc(/C=C/C(=O)OC2C(=O)OC3C4OC(C)(C)OC4OC23)cc(OC)c1OC. The number of carbonyl (C=O) groups is 2. The molecule has 0 bridgehead atoms. The van der Waals surface area contributed by atoms with Crippen LogP contribution in [0.25, 0.3) is 6.08 Å². The number of carbonyl (C=O) groups excluding carboxylic acids is 2. The third kappa shape index (κ3) is 4.13. The number of esters is 2. The Kier molecular flexibility index (Phi) is 6.02. The molecule has 0 radical (unpaired) electrons. The highest BCUT2D eigenvalue weighted by atomic mass is 16.9. The van der Waals surface area contributed by atoms with Crippen molar-refractivity contribution >= 4 is 18.0 Å². The van der Waals surface area contributed by atoms with Crippen LogP contribution in [0.3, 0.4) is 0 Å². The van der Waals surface area contributed by atoms with Gasteiger partial charge in [-0.05, 0) is 44.5 Å². The Bertz CT molecular complexity index is 924. The number of ether oxygens (including phenoxy) is 8. The first-order valence-electron chi connectivity index (χ1n) is 10.3. The van der Waals surface area contributed by atoms with Crippen molar-refractivity contribution < 1.29 is 47.5 Å². The zero-order valence-electron chi connectivity index (χ0n) is 18.5. The number of hydrogen-bond acceptors (Lipinski definition) is 10. The van der Waals surface area contributed by atoms with Crippen molar-refractivity contribution in [2.24, 2.45) is 0 Å². The van der Waals surface area contributed by atoms with Crippen LogP contribution in [0.1, 0.15) is 26.3 Å². The lowest BCUT2D eigenvalue weighted by molar-refractivity contribution is -0.216.